The van der Waals surface area contributed by atoms with E-state index in [1.807, 2.05) is 26.8 Å². The van der Waals surface area contributed by atoms with Crippen molar-refractivity contribution in [1.82, 2.24) is 31.1 Å². The maximum atomic E-state index is 14.2. The highest BCUT2D eigenvalue weighted by molar-refractivity contribution is 5.96. The smallest absolute Gasteiger partial charge is 0.407 e. The van der Waals surface area contributed by atoms with Crippen LogP contribution >= 0.6 is 0 Å². The fourth-order valence-electron chi connectivity index (χ4n) is 7.68. The van der Waals surface area contributed by atoms with Crippen LogP contribution in [-0.2, 0) is 54.2 Å². The zero-order valence-electron chi connectivity index (χ0n) is 43.1. The molecule has 9 atom stereocenters. The van der Waals surface area contributed by atoms with Crippen LogP contribution in [0.25, 0.3) is 0 Å². The number of cyclic esters (lactones) is 2. The van der Waals surface area contributed by atoms with Crippen molar-refractivity contribution >= 4 is 47.6 Å². The molecule has 0 aromatic heterocycles. The Morgan fingerprint density at radius 1 is 0.899 bits per heavy atom. The second kappa shape index (κ2) is 30.0. The summed E-state index contributed by atoms with van der Waals surface area (Å²) in [6.07, 6.45) is 3.27. The van der Waals surface area contributed by atoms with Gasteiger partial charge >= 0.3 is 18.0 Å². The standard InChI is InChI=1S/C51H81N7O11/c1-13-32(5)43-46(61)55-37(10)50(65)69-44(33(6)14-2)35(8)40(68-51(66)53-27-21-16-15-20-26-52)25-24-34(7)49(64)67-41(28-31(3)4)45(60)54-36(9)47(62)58(12)39(29-38-22-18-17-19-23-38)48(63)57(11)30-42(59)56-43/h14,17-19,22-24,31-32,35-37,39-41,43-44H,13,15-16,20-21,25-30,52H2,1-12H3,(H,53,66)(H,54,60)(H,55,61)(H,56,59)/b33-14+,34-24+/t32?,35-,36-,37+,39+,40-,41+,43-,44+/m0/s1. The molecule has 1 aromatic carbocycles. The molecule has 0 saturated heterocycles. The monoisotopic (exact) mass is 968 g/mol. The van der Waals surface area contributed by atoms with Crippen LogP contribution in [0.2, 0.25) is 0 Å². The van der Waals surface area contributed by atoms with Crippen LogP contribution < -0.4 is 27.0 Å². The van der Waals surface area contributed by atoms with Crippen molar-refractivity contribution in [2.24, 2.45) is 23.5 Å². The minimum atomic E-state index is -1.31. The number of esters is 2. The highest BCUT2D eigenvalue weighted by atomic mass is 16.6. The molecule has 1 aliphatic rings. The molecule has 6 N–H and O–H groups in total. The van der Waals surface area contributed by atoms with E-state index in [0.717, 1.165) is 29.7 Å². The lowest BCUT2D eigenvalue weighted by atomic mass is 9.90. The van der Waals surface area contributed by atoms with Crippen molar-refractivity contribution in [3.8, 4) is 0 Å². The maximum Gasteiger partial charge on any atom is 0.407 e. The molecule has 18 heteroatoms. The van der Waals surface area contributed by atoms with E-state index in [-0.39, 0.29) is 30.8 Å². The molecule has 1 unspecified atom stereocenters. The molecule has 2 rings (SSSR count). The van der Waals surface area contributed by atoms with Gasteiger partial charge in [-0.2, -0.15) is 0 Å². The molecule has 18 nitrogen and oxygen atoms in total. The van der Waals surface area contributed by atoms with Crippen molar-refractivity contribution in [2.75, 3.05) is 33.7 Å². The summed E-state index contributed by atoms with van der Waals surface area (Å²) >= 11 is 0. The Hall–Kier alpha value is -5.78. The number of hydrogen-bond donors (Lipinski definition) is 5. The van der Waals surface area contributed by atoms with Gasteiger partial charge in [0.15, 0.2) is 6.10 Å². The number of unbranched alkanes of at least 4 members (excludes halogenated alkanes) is 3. The molecule has 386 valence electrons. The van der Waals surface area contributed by atoms with Gasteiger partial charge in [0.25, 0.3) is 5.91 Å². The van der Waals surface area contributed by atoms with E-state index >= 15 is 0 Å². The average molecular weight is 968 g/mol. The number of allylic oxidation sites excluding steroid dienone is 1. The molecule has 0 radical (unpaired) electrons. The SMILES string of the molecule is C/C=C(\C)[C@H]1OC(=O)[C@@H](C)NC(=O)[C@H](C(C)CC)NC(=O)CN(C)C(=O)[C@@H](Cc2ccccc2)N(C)C(=O)[C@H](C)NC(=O)[C@@H](CC(C)C)OC(=O)/C(C)=C/C[C@H](OC(=O)NCCCCCCN)[C@@H]1C. The van der Waals surface area contributed by atoms with Gasteiger partial charge in [0, 0.05) is 45.0 Å². The number of likely N-dealkylation sites (N-methyl/N-ethyl adjacent to an activating group) is 2. The van der Waals surface area contributed by atoms with E-state index in [9.17, 15) is 38.4 Å². The van der Waals surface area contributed by atoms with Crippen LogP contribution in [-0.4, -0.2) is 134 Å². The Morgan fingerprint density at radius 2 is 1.54 bits per heavy atom. The molecule has 69 heavy (non-hydrogen) atoms. The highest BCUT2D eigenvalue weighted by Gasteiger charge is 2.37. The van der Waals surface area contributed by atoms with E-state index in [2.05, 4.69) is 21.3 Å². The predicted octanol–water partition coefficient (Wildman–Crippen LogP) is 4.49. The minimum Gasteiger partial charge on any atom is -0.456 e. The molecule has 0 spiro atoms. The van der Waals surface area contributed by atoms with Crippen LogP contribution in [0.3, 0.4) is 0 Å². The zero-order valence-corrected chi connectivity index (χ0v) is 43.1. The first-order valence-corrected chi connectivity index (χ1v) is 24.4. The number of nitrogens with two attached hydrogens (primary N) is 1. The molecular formula is C51H81N7O11. The number of carbonyl (C=O) groups is 8. The number of benzene rings is 1. The van der Waals surface area contributed by atoms with Gasteiger partial charge < -0.3 is 51.0 Å². The lowest BCUT2D eigenvalue weighted by Gasteiger charge is -2.33. The number of alkyl carbamates (subject to hydrolysis) is 1. The topological polar surface area (TPSA) is 245 Å². The predicted molar refractivity (Wildman–Crippen MR) is 263 cm³/mol. The summed E-state index contributed by atoms with van der Waals surface area (Å²) in [6.45, 7) is 17.4. The maximum absolute atomic E-state index is 14.2. The summed E-state index contributed by atoms with van der Waals surface area (Å²) in [5.74, 6) is -6.10. The summed E-state index contributed by atoms with van der Waals surface area (Å²) in [6, 6.07) is 4.37. The Bertz CT molecular complexity index is 1940. The van der Waals surface area contributed by atoms with Gasteiger partial charge in [0.2, 0.25) is 23.6 Å². The van der Waals surface area contributed by atoms with E-state index in [0.29, 0.717) is 31.5 Å². The third-order valence-electron chi connectivity index (χ3n) is 12.5. The van der Waals surface area contributed by atoms with E-state index < -0.39 is 108 Å². The number of nitrogens with zero attached hydrogens (tertiary/aromatic N) is 2. The van der Waals surface area contributed by atoms with E-state index in [1.165, 1.54) is 45.8 Å². The second-order valence-corrected chi connectivity index (χ2v) is 18.7. The van der Waals surface area contributed by atoms with Gasteiger partial charge in [0.05, 0.1) is 6.54 Å². The Balaban J connectivity index is 2.69. The molecule has 0 bridgehead atoms. The lowest BCUT2D eigenvalue weighted by molar-refractivity contribution is -0.155. The number of ether oxygens (including phenoxy) is 3. The zero-order chi connectivity index (χ0) is 52.0. The molecule has 0 fully saturated rings. The van der Waals surface area contributed by atoms with Gasteiger partial charge in [0.1, 0.15) is 36.4 Å². The third-order valence-corrected chi connectivity index (χ3v) is 12.5. The van der Waals surface area contributed by atoms with E-state index in [4.69, 9.17) is 19.9 Å². The van der Waals surface area contributed by atoms with Crippen LogP contribution in [0.5, 0.6) is 0 Å². The van der Waals surface area contributed by atoms with Crippen molar-refractivity contribution in [3.05, 3.63) is 59.2 Å². The van der Waals surface area contributed by atoms with Crippen LogP contribution in [0, 0.1) is 17.8 Å². The Morgan fingerprint density at radius 3 is 2.14 bits per heavy atom. The van der Waals surface area contributed by atoms with Crippen molar-refractivity contribution in [1.29, 1.82) is 0 Å². The molecule has 1 aliphatic heterocycles. The lowest BCUT2D eigenvalue weighted by Crippen LogP contribution is -2.57. The number of rotatable bonds is 14. The third kappa shape index (κ3) is 19.6. The summed E-state index contributed by atoms with van der Waals surface area (Å²) in [5.41, 5.74) is 7.06. The molecule has 6 amide bonds. The first-order valence-electron chi connectivity index (χ1n) is 24.4. The van der Waals surface area contributed by atoms with Gasteiger partial charge in [-0.15, -0.1) is 0 Å². The minimum absolute atomic E-state index is 0.0311. The molecular weight excluding hydrogens is 887 g/mol. The van der Waals surface area contributed by atoms with Crippen LogP contribution in [0.4, 0.5) is 4.79 Å². The number of carbonyl (C=O) groups excluding carboxylic acids is 8. The fraction of sp³-hybridized carbons (Fsp3) is 0.647. The van der Waals surface area contributed by atoms with E-state index in [1.54, 1.807) is 58.0 Å². The van der Waals surface area contributed by atoms with Crippen LogP contribution in [0.15, 0.2) is 53.6 Å². The number of hydrogen-bond acceptors (Lipinski definition) is 12. The van der Waals surface area contributed by atoms with Gasteiger partial charge in [-0.05, 0) is 83.4 Å². The summed E-state index contributed by atoms with van der Waals surface area (Å²) in [4.78, 5) is 113. The average Bonchev–Trinajstić information content (AvgIpc) is 3.31. The first-order chi connectivity index (χ1) is 32.6. The molecule has 1 heterocycles. The van der Waals surface area contributed by atoms with Crippen LogP contribution in [0.1, 0.15) is 120 Å². The number of amides is 6. The summed E-state index contributed by atoms with van der Waals surface area (Å²) in [5, 5.41) is 10.9. The van der Waals surface area contributed by atoms with Gasteiger partial charge in [-0.3, -0.25) is 24.0 Å². The second-order valence-electron chi connectivity index (χ2n) is 18.7. The molecule has 0 aliphatic carbocycles. The van der Waals surface area contributed by atoms with Gasteiger partial charge in [-0.25, -0.2) is 14.4 Å². The Labute approximate surface area is 409 Å². The molecule has 0 saturated carbocycles. The quantitative estimate of drug-likeness (QED) is 0.0750. The largest absolute Gasteiger partial charge is 0.456 e. The van der Waals surface area contributed by atoms with Crippen molar-refractivity contribution in [2.45, 2.75) is 163 Å². The fourth-order valence-corrected chi connectivity index (χ4v) is 7.68. The van der Waals surface area contributed by atoms with Crippen molar-refractivity contribution < 1.29 is 52.6 Å². The summed E-state index contributed by atoms with van der Waals surface area (Å²) < 4.78 is 17.8. The normalized spacial score (nSPS) is 26.2. The number of nitrogens with one attached hydrogen (secondary N) is 4. The summed E-state index contributed by atoms with van der Waals surface area (Å²) in [7, 11) is 2.84. The Kier molecular flexibility index (Phi) is 25.8. The molecule has 1 aromatic rings. The first kappa shape index (κ1) is 59.3. The van der Waals surface area contributed by atoms with Gasteiger partial charge in [-0.1, -0.05) is 96.4 Å². The van der Waals surface area contributed by atoms with Crippen molar-refractivity contribution in [3.63, 3.8) is 0 Å². The highest BCUT2D eigenvalue weighted by Crippen LogP contribution is 2.26.